The van der Waals surface area contributed by atoms with Crippen LogP contribution in [0.15, 0.2) is 40.1 Å². The molecule has 0 amide bonds. The Morgan fingerprint density at radius 1 is 1.07 bits per heavy atom. The van der Waals surface area contributed by atoms with Crippen molar-refractivity contribution in [3.8, 4) is 22.8 Å². The molecule has 1 aromatic heterocycles. The molecule has 0 saturated heterocycles. The van der Waals surface area contributed by atoms with Crippen molar-refractivity contribution in [1.29, 1.82) is 0 Å². The lowest BCUT2D eigenvalue weighted by Crippen LogP contribution is -2.40. The summed E-state index contributed by atoms with van der Waals surface area (Å²) in [7, 11) is 3.28. The molecule has 0 atom stereocenters. The highest BCUT2D eigenvalue weighted by molar-refractivity contribution is 5.69. The van der Waals surface area contributed by atoms with E-state index in [1.165, 1.54) is 12.7 Å². The lowest BCUT2D eigenvalue weighted by atomic mass is 9.97. The fourth-order valence-corrected chi connectivity index (χ4v) is 4.14. The third-order valence-corrected chi connectivity index (χ3v) is 5.57. The number of aromatic nitrogens is 2. The summed E-state index contributed by atoms with van der Waals surface area (Å²) in [5, 5.41) is 10.3. The Morgan fingerprint density at radius 3 is 2.41 bits per heavy atom. The number of hydrogen-bond acceptors (Lipinski definition) is 4. The summed E-state index contributed by atoms with van der Waals surface area (Å²) in [6, 6.07) is 9.62. The molecule has 150 valence electrons. The van der Waals surface area contributed by atoms with E-state index in [0.717, 1.165) is 33.6 Å². The first-order valence-electron chi connectivity index (χ1n) is 9.64. The van der Waals surface area contributed by atoms with Crippen molar-refractivity contribution in [2.45, 2.75) is 33.7 Å². The molecule has 0 bridgehead atoms. The Hall–Kier alpha value is -3.28. The first kappa shape index (κ1) is 19.1. The molecule has 0 aliphatic carbocycles. The summed E-state index contributed by atoms with van der Waals surface area (Å²) >= 11 is 0. The second-order valence-electron chi connectivity index (χ2n) is 7.67. The van der Waals surface area contributed by atoms with Gasteiger partial charge in [-0.15, -0.1) is 0 Å². The molecule has 6 nitrogen and oxygen atoms in total. The minimum Gasteiger partial charge on any atom is -0.504 e. The molecule has 29 heavy (non-hydrogen) atoms. The van der Waals surface area contributed by atoms with Gasteiger partial charge in [0.25, 0.3) is 0 Å². The van der Waals surface area contributed by atoms with Gasteiger partial charge in [0.05, 0.1) is 18.5 Å². The molecule has 4 rings (SSSR count). The van der Waals surface area contributed by atoms with Crippen molar-refractivity contribution in [1.82, 2.24) is 9.13 Å². The van der Waals surface area contributed by atoms with Gasteiger partial charge in [-0.25, -0.2) is 9.79 Å². The first-order chi connectivity index (χ1) is 13.8. The molecule has 0 radical (unpaired) electrons. The van der Waals surface area contributed by atoms with Gasteiger partial charge in [0.1, 0.15) is 5.49 Å². The molecule has 6 heteroatoms. The largest absolute Gasteiger partial charge is 0.504 e. The van der Waals surface area contributed by atoms with Crippen LogP contribution in [0.25, 0.3) is 11.3 Å². The van der Waals surface area contributed by atoms with Crippen molar-refractivity contribution in [2.75, 3.05) is 7.11 Å². The summed E-state index contributed by atoms with van der Waals surface area (Å²) < 4.78 is 8.56. The number of methoxy groups -OCH3 is 1. The van der Waals surface area contributed by atoms with Crippen LogP contribution in [0, 0.1) is 20.8 Å². The highest BCUT2D eigenvalue weighted by Crippen LogP contribution is 2.36. The third-order valence-electron chi connectivity index (χ3n) is 5.57. The van der Waals surface area contributed by atoms with Gasteiger partial charge < -0.3 is 9.84 Å². The Morgan fingerprint density at radius 2 is 1.76 bits per heavy atom. The quantitative estimate of drug-likeness (QED) is 0.729. The van der Waals surface area contributed by atoms with E-state index < -0.39 is 0 Å². The van der Waals surface area contributed by atoms with Crippen LogP contribution in [-0.4, -0.2) is 21.4 Å². The number of ether oxygens (including phenoxy) is 1. The highest BCUT2D eigenvalue weighted by atomic mass is 16.5. The maximum Gasteiger partial charge on any atom is 0.329 e. The molecular weight excluding hydrogens is 366 g/mol. The van der Waals surface area contributed by atoms with Gasteiger partial charge in [-0.2, -0.15) is 0 Å². The van der Waals surface area contributed by atoms with Gasteiger partial charge in [0.15, 0.2) is 11.5 Å². The number of nitrogens with zero attached hydrogens (tertiary/aromatic N) is 3. The first-order valence-corrected chi connectivity index (χ1v) is 9.64. The zero-order valence-electron chi connectivity index (χ0n) is 17.4. The Labute approximate surface area is 169 Å². The van der Waals surface area contributed by atoms with Crippen LogP contribution in [0.5, 0.6) is 11.5 Å². The van der Waals surface area contributed by atoms with E-state index in [1.54, 1.807) is 22.2 Å². The van der Waals surface area contributed by atoms with E-state index in [4.69, 9.17) is 9.73 Å². The standard InChI is InChI=1S/C23H25N3O3/c1-13-8-14(2)22(15(3)9-13)24-21-12-18-17-11-19(27)20(29-5)10-16(17)6-7-26(18)23(28)25(21)4/h8-12,27H,6-7H2,1-5H3. The number of phenolic OH excluding ortho intramolecular Hbond substituents is 1. The number of aromatic hydroxyl groups is 1. The Balaban J connectivity index is 2.00. The minimum atomic E-state index is -0.121. The van der Waals surface area contributed by atoms with E-state index in [-0.39, 0.29) is 11.4 Å². The molecular formula is C23H25N3O3. The van der Waals surface area contributed by atoms with E-state index >= 15 is 0 Å². The predicted molar refractivity (Wildman–Crippen MR) is 113 cm³/mol. The molecule has 0 fully saturated rings. The molecule has 0 spiro atoms. The highest BCUT2D eigenvalue weighted by Gasteiger charge is 2.21. The topological polar surface area (TPSA) is 68.8 Å². The normalized spacial score (nSPS) is 13.2. The number of rotatable bonds is 2. The monoisotopic (exact) mass is 391 g/mol. The summed E-state index contributed by atoms with van der Waals surface area (Å²) in [5.41, 5.74) is 7.31. The van der Waals surface area contributed by atoms with Crippen LogP contribution < -0.4 is 15.9 Å². The van der Waals surface area contributed by atoms with Gasteiger partial charge in [0, 0.05) is 25.2 Å². The maximum atomic E-state index is 13.0. The van der Waals surface area contributed by atoms with Crippen molar-refractivity contribution < 1.29 is 9.84 Å². The average Bonchev–Trinajstić information content (AvgIpc) is 2.67. The average molecular weight is 391 g/mol. The molecule has 0 unspecified atom stereocenters. The van der Waals surface area contributed by atoms with Crippen LogP contribution in [0.1, 0.15) is 22.3 Å². The van der Waals surface area contributed by atoms with Crippen LogP contribution in [0.2, 0.25) is 0 Å². The van der Waals surface area contributed by atoms with Gasteiger partial charge >= 0.3 is 5.69 Å². The molecule has 3 aromatic rings. The van der Waals surface area contributed by atoms with Crippen LogP contribution in [0.3, 0.4) is 0 Å². The van der Waals surface area contributed by atoms with Crippen LogP contribution in [-0.2, 0) is 20.0 Å². The summed E-state index contributed by atoms with van der Waals surface area (Å²) in [5.74, 6) is 0.501. The number of fused-ring (bicyclic) bond motifs is 3. The summed E-state index contributed by atoms with van der Waals surface area (Å²) in [6.07, 6.45) is 0.700. The van der Waals surface area contributed by atoms with Gasteiger partial charge in [-0.1, -0.05) is 17.7 Å². The van der Waals surface area contributed by atoms with Crippen LogP contribution >= 0.6 is 0 Å². The predicted octanol–water partition coefficient (Wildman–Crippen LogP) is 3.28. The van der Waals surface area contributed by atoms with E-state index in [9.17, 15) is 9.90 Å². The zero-order chi connectivity index (χ0) is 20.9. The number of phenols is 1. The number of aryl methyl sites for hydroxylation is 4. The number of hydrogen-bond donors (Lipinski definition) is 1. The molecule has 2 aromatic carbocycles. The molecule has 1 aliphatic rings. The van der Waals surface area contributed by atoms with Crippen LogP contribution in [0.4, 0.5) is 5.69 Å². The summed E-state index contributed by atoms with van der Waals surface area (Å²) in [6.45, 7) is 6.70. The fourth-order valence-electron chi connectivity index (χ4n) is 4.14. The van der Waals surface area contributed by atoms with E-state index in [0.29, 0.717) is 24.2 Å². The van der Waals surface area contributed by atoms with Gasteiger partial charge in [-0.05, 0) is 56.0 Å². The molecule has 1 aliphatic heterocycles. The van der Waals surface area contributed by atoms with Crippen molar-refractivity contribution in [3.05, 3.63) is 68.6 Å². The maximum absolute atomic E-state index is 13.0. The molecule has 2 heterocycles. The zero-order valence-corrected chi connectivity index (χ0v) is 17.4. The van der Waals surface area contributed by atoms with Crippen molar-refractivity contribution in [2.24, 2.45) is 12.0 Å². The number of benzene rings is 2. The Kier molecular flexibility index (Phi) is 4.57. The lowest BCUT2D eigenvalue weighted by molar-refractivity contribution is 0.372. The second kappa shape index (κ2) is 6.95. The van der Waals surface area contributed by atoms with E-state index in [1.807, 2.05) is 26.0 Å². The molecule has 0 saturated carbocycles. The second-order valence-corrected chi connectivity index (χ2v) is 7.67. The summed E-state index contributed by atoms with van der Waals surface area (Å²) in [4.78, 5) is 17.9. The SMILES string of the molecule is COc1cc2c(cc1O)-c1cc(=Nc3c(C)cc(C)cc3C)n(C)c(=O)n1CC2. The van der Waals surface area contributed by atoms with Gasteiger partial charge in [0.2, 0.25) is 0 Å². The fraction of sp³-hybridized carbons (Fsp3) is 0.304. The molecule has 1 N–H and O–H groups in total. The van der Waals surface area contributed by atoms with Crippen molar-refractivity contribution in [3.63, 3.8) is 0 Å². The van der Waals surface area contributed by atoms with E-state index in [2.05, 4.69) is 19.1 Å². The van der Waals surface area contributed by atoms with Gasteiger partial charge in [-0.3, -0.25) is 9.13 Å². The van der Waals surface area contributed by atoms with Crippen molar-refractivity contribution >= 4 is 5.69 Å². The Bertz CT molecular complexity index is 1240. The third kappa shape index (κ3) is 3.14. The lowest BCUT2D eigenvalue weighted by Gasteiger charge is -2.23. The smallest absolute Gasteiger partial charge is 0.329 e. The minimum absolute atomic E-state index is 0.0593.